The molecule has 1 amide bonds. The van der Waals surface area contributed by atoms with Crippen molar-refractivity contribution in [1.82, 2.24) is 14.9 Å². The Kier molecular flexibility index (Phi) is 3.88. The van der Waals surface area contributed by atoms with Gasteiger partial charge in [-0.2, -0.15) is 0 Å². The number of carbonyl (C=O) groups excluding carboxylic acids is 1. The van der Waals surface area contributed by atoms with Crippen LogP contribution < -0.4 is 4.74 Å². The van der Waals surface area contributed by atoms with E-state index in [1.807, 2.05) is 30.0 Å². The van der Waals surface area contributed by atoms with Crippen LogP contribution in [0.3, 0.4) is 0 Å². The predicted molar refractivity (Wildman–Crippen MR) is 80.7 cm³/mol. The number of nitrogens with zero attached hydrogens (tertiary/aromatic N) is 3. The molecule has 0 aliphatic carbocycles. The summed E-state index contributed by atoms with van der Waals surface area (Å²) in [5.41, 5.74) is 1.69. The second-order valence-corrected chi connectivity index (χ2v) is 5.97. The Morgan fingerprint density at radius 1 is 1.48 bits per heavy atom. The van der Waals surface area contributed by atoms with E-state index < -0.39 is 0 Å². The van der Waals surface area contributed by atoms with Gasteiger partial charge in [-0.25, -0.2) is 4.98 Å². The van der Waals surface area contributed by atoms with E-state index in [1.54, 1.807) is 13.3 Å². The number of methoxy groups -OCH3 is 1. The normalized spacial score (nSPS) is 18.0. The third-order valence-electron chi connectivity index (χ3n) is 3.69. The van der Waals surface area contributed by atoms with Gasteiger partial charge in [-0.1, -0.05) is 17.4 Å². The largest absolute Gasteiger partial charge is 0.473 e. The Balaban J connectivity index is 1.88. The quantitative estimate of drug-likeness (QED) is 0.875. The molecule has 6 heteroatoms. The molecule has 5 nitrogen and oxygen atoms in total. The van der Waals surface area contributed by atoms with Crippen LogP contribution in [-0.4, -0.2) is 34.4 Å². The lowest BCUT2D eigenvalue weighted by atomic mass is 10.1. The van der Waals surface area contributed by atoms with Crippen molar-refractivity contribution in [1.29, 1.82) is 0 Å². The van der Waals surface area contributed by atoms with E-state index in [0.29, 0.717) is 10.1 Å². The van der Waals surface area contributed by atoms with E-state index in [1.165, 1.54) is 11.3 Å². The minimum absolute atomic E-state index is 0.0291. The second-order valence-electron chi connectivity index (χ2n) is 5.01. The SMILES string of the molecule is COc1nc(C)c(C(=O)N2CCC[C@@H]2c2ccccn2)s1. The summed E-state index contributed by atoms with van der Waals surface area (Å²) in [6.45, 7) is 2.61. The first kappa shape index (κ1) is 14.0. The molecule has 1 saturated heterocycles. The number of hydrogen-bond acceptors (Lipinski definition) is 5. The lowest BCUT2D eigenvalue weighted by molar-refractivity contribution is 0.0737. The van der Waals surface area contributed by atoms with Crippen LogP contribution in [0.25, 0.3) is 0 Å². The number of amides is 1. The maximum atomic E-state index is 12.8. The van der Waals surface area contributed by atoms with E-state index in [-0.39, 0.29) is 11.9 Å². The van der Waals surface area contributed by atoms with Gasteiger partial charge in [0.05, 0.1) is 24.5 Å². The van der Waals surface area contributed by atoms with Crippen molar-refractivity contribution in [2.24, 2.45) is 0 Å². The van der Waals surface area contributed by atoms with Gasteiger partial charge >= 0.3 is 0 Å². The first-order valence-corrected chi connectivity index (χ1v) is 7.75. The van der Waals surface area contributed by atoms with Crippen LogP contribution in [0.4, 0.5) is 0 Å². The van der Waals surface area contributed by atoms with Gasteiger partial charge in [-0.15, -0.1) is 0 Å². The Morgan fingerprint density at radius 3 is 3.00 bits per heavy atom. The van der Waals surface area contributed by atoms with Crippen molar-refractivity contribution in [3.05, 3.63) is 40.7 Å². The summed E-state index contributed by atoms with van der Waals surface area (Å²) in [4.78, 5) is 24.0. The molecule has 0 saturated carbocycles. The summed E-state index contributed by atoms with van der Waals surface area (Å²) in [7, 11) is 1.57. The van der Waals surface area contributed by atoms with Gasteiger partial charge in [0.1, 0.15) is 4.88 Å². The highest BCUT2D eigenvalue weighted by molar-refractivity contribution is 7.15. The smallest absolute Gasteiger partial charge is 0.273 e. The van der Waals surface area contributed by atoms with Crippen LogP contribution in [0.1, 0.15) is 39.9 Å². The molecular formula is C15H17N3O2S. The highest BCUT2D eigenvalue weighted by atomic mass is 32.1. The third kappa shape index (κ3) is 2.63. The van der Waals surface area contributed by atoms with Crippen LogP contribution in [0.2, 0.25) is 0 Å². The number of pyridine rings is 1. The lowest BCUT2D eigenvalue weighted by Gasteiger charge is -2.23. The molecule has 3 heterocycles. The molecular weight excluding hydrogens is 286 g/mol. The van der Waals surface area contributed by atoms with Gasteiger partial charge in [0, 0.05) is 12.7 Å². The molecule has 0 unspecified atom stereocenters. The minimum atomic E-state index is 0.0291. The van der Waals surface area contributed by atoms with Crippen molar-refractivity contribution < 1.29 is 9.53 Å². The number of aromatic nitrogens is 2. The molecule has 0 radical (unpaired) electrons. The van der Waals surface area contributed by atoms with Gasteiger partial charge in [-0.3, -0.25) is 9.78 Å². The second kappa shape index (κ2) is 5.81. The average molecular weight is 303 g/mol. The van der Waals surface area contributed by atoms with E-state index in [0.717, 1.165) is 30.8 Å². The predicted octanol–water partition coefficient (Wildman–Crippen LogP) is 2.83. The van der Waals surface area contributed by atoms with Crippen LogP contribution in [0.15, 0.2) is 24.4 Å². The molecule has 110 valence electrons. The lowest BCUT2D eigenvalue weighted by Crippen LogP contribution is -2.30. The molecule has 3 rings (SSSR count). The van der Waals surface area contributed by atoms with Gasteiger partial charge in [-0.05, 0) is 31.9 Å². The number of rotatable bonds is 3. The van der Waals surface area contributed by atoms with Crippen LogP contribution >= 0.6 is 11.3 Å². The first-order chi connectivity index (χ1) is 10.2. The fourth-order valence-electron chi connectivity index (χ4n) is 2.68. The van der Waals surface area contributed by atoms with E-state index in [4.69, 9.17) is 4.74 Å². The maximum Gasteiger partial charge on any atom is 0.273 e. The Labute approximate surface area is 127 Å². The van der Waals surface area contributed by atoms with Gasteiger partial charge < -0.3 is 9.64 Å². The number of likely N-dealkylation sites (tertiary alicyclic amines) is 1. The third-order valence-corrected chi connectivity index (χ3v) is 4.80. The van der Waals surface area contributed by atoms with Crippen LogP contribution in [0.5, 0.6) is 5.19 Å². The van der Waals surface area contributed by atoms with Crippen molar-refractivity contribution in [3.63, 3.8) is 0 Å². The van der Waals surface area contributed by atoms with Gasteiger partial charge in [0.25, 0.3) is 11.1 Å². The highest BCUT2D eigenvalue weighted by Gasteiger charge is 2.33. The zero-order chi connectivity index (χ0) is 14.8. The number of thiazole rings is 1. The van der Waals surface area contributed by atoms with Crippen molar-refractivity contribution in [2.75, 3.05) is 13.7 Å². The first-order valence-electron chi connectivity index (χ1n) is 6.94. The molecule has 21 heavy (non-hydrogen) atoms. The number of ether oxygens (including phenoxy) is 1. The zero-order valence-corrected chi connectivity index (χ0v) is 12.9. The minimum Gasteiger partial charge on any atom is -0.473 e. The number of aryl methyl sites for hydroxylation is 1. The zero-order valence-electron chi connectivity index (χ0n) is 12.1. The van der Waals surface area contributed by atoms with Crippen molar-refractivity contribution in [3.8, 4) is 5.19 Å². The highest BCUT2D eigenvalue weighted by Crippen LogP contribution is 2.34. The molecule has 1 aliphatic rings. The summed E-state index contributed by atoms with van der Waals surface area (Å²) >= 11 is 1.31. The molecule has 2 aromatic rings. The fourth-order valence-corrected chi connectivity index (χ4v) is 3.52. The Morgan fingerprint density at radius 2 is 2.33 bits per heavy atom. The summed E-state index contributed by atoms with van der Waals surface area (Å²) in [5.74, 6) is 0.0291. The fraction of sp³-hybridized carbons (Fsp3) is 0.400. The van der Waals surface area contributed by atoms with Crippen molar-refractivity contribution in [2.45, 2.75) is 25.8 Å². The Bertz CT molecular complexity index is 642. The maximum absolute atomic E-state index is 12.8. The Hall–Kier alpha value is -1.95. The summed E-state index contributed by atoms with van der Waals surface area (Å²) in [6, 6.07) is 5.90. The van der Waals surface area contributed by atoms with Gasteiger partial charge in [0.15, 0.2) is 0 Å². The molecule has 1 atom stereocenters. The summed E-state index contributed by atoms with van der Waals surface area (Å²) in [6.07, 6.45) is 3.73. The van der Waals surface area contributed by atoms with E-state index in [9.17, 15) is 4.79 Å². The van der Waals surface area contributed by atoms with Crippen LogP contribution in [-0.2, 0) is 0 Å². The van der Waals surface area contributed by atoms with Crippen LogP contribution in [0, 0.1) is 6.92 Å². The monoisotopic (exact) mass is 303 g/mol. The molecule has 0 bridgehead atoms. The van der Waals surface area contributed by atoms with E-state index in [2.05, 4.69) is 9.97 Å². The molecule has 2 aromatic heterocycles. The molecule has 0 aromatic carbocycles. The van der Waals surface area contributed by atoms with Gasteiger partial charge in [0.2, 0.25) is 0 Å². The summed E-state index contributed by atoms with van der Waals surface area (Å²) < 4.78 is 5.12. The molecule has 1 aliphatic heterocycles. The average Bonchev–Trinajstić information content (AvgIpc) is 3.14. The topological polar surface area (TPSA) is 55.3 Å². The summed E-state index contributed by atoms with van der Waals surface area (Å²) in [5, 5.41) is 0.532. The molecule has 0 spiro atoms. The molecule has 1 fully saturated rings. The van der Waals surface area contributed by atoms with Crippen molar-refractivity contribution >= 4 is 17.2 Å². The number of hydrogen-bond donors (Lipinski definition) is 0. The van der Waals surface area contributed by atoms with E-state index >= 15 is 0 Å². The number of carbonyl (C=O) groups is 1. The molecule has 0 N–H and O–H groups in total. The standard InChI is InChI=1S/C15H17N3O2S/c1-10-13(21-15(17-10)20-2)14(19)18-9-5-7-12(18)11-6-3-4-8-16-11/h3-4,6,8,12H,5,7,9H2,1-2H3/t12-/m1/s1.